The van der Waals surface area contributed by atoms with E-state index >= 15 is 0 Å². The van der Waals surface area contributed by atoms with Crippen LogP contribution in [0.1, 0.15) is 100 Å². The van der Waals surface area contributed by atoms with E-state index in [2.05, 4.69) is 83.8 Å². The van der Waals surface area contributed by atoms with Gasteiger partial charge in [-0.25, -0.2) is 4.79 Å². The third kappa shape index (κ3) is 10.3. The highest BCUT2D eigenvalue weighted by Gasteiger charge is 2.18. The first-order valence-corrected chi connectivity index (χ1v) is 14.3. The largest absolute Gasteiger partial charge is 0.444 e. The second-order valence-corrected chi connectivity index (χ2v) is 11.8. The predicted molar refractivity (Wildman–Crippen MR) is 165 cm³/mol. The normalized spacial score (nSPS) is 13.3. The van der Waals surface area contributed by atoms with Crippen LogP contribution in [0.3, 0.4) is 0 Å². The Balaban J connectivity index is 1.65. The van der Waals surface area contributed by atoms with Crippen LogP contribution >= 0.6 is 0 Å². The molecular weight excluding hydrogens is 510 g/mol. The first-order chi connectivity index (χ1) is 19.6. The molecule has 214 valence electrons. The molecule has 3 aromatic carbocycles. The van der Waals surface area contributed by atoms with E-state index in [0.29, 0.717) is 35.5 Å². The molecule has 0 spiro atoms. The molecule has 3 aromatic rings. The van der Waals surface area contributed by atoms with Crippen molar-refractivity contribution in [1.82, 2.24) is 0 Å². The van der Waals surface area contributed by atoms with Gasteiger partial charge in [0.2, 0.25) is 0 Å². The van der Waals surface area contributed by atoms with Gasteiger partial charge in [0.05, 0.1) is 12.5 Å². The SMILES string of the molecule is CC(CCC(CCC(C)c1ccc(NC(=O)OC(C)(C)C)cc1)c1ccc(N=[N+]=[N-])cc1)c1ccc(CC#N)cc1. The van der Waals surface area contributed by atoms with Crippen molar-refractivity contribution in [3.63, 3.8) is 0 Å². The molecule has 7 nitrogen and oxygen atoms in total. The zero-order valence-electron chi connectivity index (χ0n) is 24.8. The Hall–Kier alpha value is -4.27. The van der Waals surface area contributed by atoms with Gasteiger partial charge >= 0.3 is 6.09 Å². The van der Waals surface area contributed by atoms with Gasteiger partial charge in [0.25, 0.3) is 0 Å². The number of hydrogen-bond donors (Lipinski definition) is 1. The minimum atomic E-state index is -0.543. The van der Waals surface area contributed by atoms with Crippen LogP contribution in [-0.4, -0.2) is 11.7 Å². The van der Waals surface area contributed by atoms with E-state index < -0.39 is 11.7 Å². The van der Waals surface area contributed by atoms with E-state index in [0.717, 1.165) is 31.2 Å². The molecule has 1 N–H and O–H groups in total. The van der Waals surface area contributed by atoms with Crippen molar-refractivity contribution in [3.8, 4) is 6.07 Å². The number of benzene rings is 3. The smallest absolute Gasteiger partial charge is 0.412 e. The summed E-state index contributed by atoms with van der Waals surface area (Å²) in [5.74, 6) is 1.12. The molecule has 3 unspecified atom stereocenters. The molecule has 41 heavy (non-hydrogen) atoms. The maximum absolute atomic E-state index is 12.1. The molecule has 0 saturated carbocycles. The number of azide groups is 1. The Morgan fingerprint density at radius 1 is 0.878 bits per heavy atom. The standard InChI is InChI=1S/C34H41N5O2/c1-24(27-12-8-26(9-13-27)22-23-35)6-10-29(30-16-20-32(21-17-30)38-39-36)11-7-25(2)28-14-18-31(19-15-28)37-33(40)41-34(3,4)5/h8-9,12-21,24-25,29H,6-7,10-11,22H2,1-5H3,(H,37,40). The monoisotopic (exact) mass is 551 g/mol. The van der Waals surface area contributed by atoms with Gasteiger partial charge in [-0.2, -0.15) is 5.26 Å². The Morgan fingerprint density at radius 3 is 1.88 bits per heavy atom. The molecule has 1 amide bonds. The summed E-state index contributed by atoms with van der Waals surface area (Å²) in [6, 6.07) is 26.5. The molecule has 0 aromatic heterocycles. The molecule has 3 atom stereocenters. The molecule has 7 heteroatoms. The van der Waals surface area contributed by atoms with E-state index in [1.54, 1.807) is 0 Å². The molecule has 0 aliphatic rings. The van der Waals surface area contributed by atoms with Gasteiger partial charge in [0, 0.05) is 16.3 Å². The quantitative estimate of drug-likeness (QED) is 0.137. The van der Waals surface area contributed by atoms with Crippen LogP contribution in [0.25, 0.3) is 10.4 Å². The summed E-state index contributed by atoms with van der Waals surface area (Å²) in [7, 11) is 0. The zero-order chi connectivity index (χ0) is 29.8. The Bertz CT molecular complexity index is 1350. The number of nitrogens with one attached hydrogen (secondary N) is 1. The summed E-state index contributed by atoms with van der Waals surface area (Å²) < 4.78 is 5.34. The van der Waals surface area contributed by atoms with E-state index in [9.17, 15) is 4.79 Å². The van der Waals surface area contributed by atoms with Crippen molar-refractivity contribution in [1.29, 1.82) is 5.26 Å². The lowest BCUT2D eigenvalue weighted by Gasteiger charge is -2.22. The van der Waals surface area contributed by atoms with Crippen LogP contribution in [0.4, 0.5) is 16.2 Å². The molecule has 0 bridgehead atoms. The van der Waals surface area contributed by atoms with Crippen LogP contribution in [0, 0.1) is 11.3 Å². The average Bonchev–Trinajstić information content (AvgIpc) is 2.93. The fourth-order valence-electron chi connectivity index (χ4n) is 4.95. The number of carbonyl (C=O) groups is 1. The summed E-state index contributed by atoms with van der Waals surface area (Å²) >= 11 is 0. The summed E-state index contributed by atoms with van der Waals surface area (Å²) in [6.07, 6.45) is 4.09. The molecule has 0 radical (unpaired) electrons. The average molecular weight is 552 g/mol. The first kappa shape index (κ1) is 31.3. The molecule has 0 fully saturated rings. The third-order valence-corrected chi connectivity index (χ3v) is 7.38. The highest BCUT2D eigenvalue weighted by Crippen LogP contribution is 2.35. The first-order valence-electron chi connectivity index (χ1n) is 14.3. The van der Waals surface area contributed by atoms with E-state index in [4.69, 9.17) is 15.5 Å². The minimum absolute atomic E-state index is 0.348. The van der Waals surface area contributed by atoms with Gasteiger partial charge < -0.3 is 4.74 Å². The van der Waals surface area contributed by atoms with Crippen LogP contribution in [0.2, 0.25) is 0 Å². The number of nitrogens with zero attached hydrogens (tertiary/aromatic N) is 4. The van der Waals surface area contributed by atoms with Crippen LogP contribution < -0.4 is 5.32 Å². The van der Waals surface area contributed by atoms with Crippen LogP contribution in [-0.2, 0) is 11.2 Å². The van der Waals surface area contributed by atoms with Crippen molar-refractivity contribution in [2.75, 3.05) is 5.32 Å². The Kier molecular flexibility index (Phi) is 11.4. The number of ether oxygens (including phenoxy) is 1. The number of anilines is 1. The molecule has 0 aliphatic carbocycles. The molecule has 3 rings (SSSR count). The number of carbonyl (C=O) groups excluding carboxylic acids is 1. The van der Waals surface area contributed by atoms with Gasteiger partial charge in [0.1, 0.15) is 5.60 Å². The summed E-state index contributed by atoms with van der Waals surface area (Å²) in [5.41, 5.74) is 14.4. The van der Waals surface area contributed by atoms with Crippen molar-refractivity contribution in [2.45, 2.75) is 90.1 Å². The van der Waals surface area contributed by atoms with E-state index in [1.165, 1.54) is 16.7 Å². The van der Waals surface area contributed by atoms with Crippen LogP contribution in [0.5, 0.6) is 0 Å². The topological polar surface area (TPSA) is 111 Å². The number of nitriles is 1. The van der Waals surface area contributed by atoms with Crippen molar-refractivity contribution in [2.24, 2.45) is 5.11 Å². The Morgan fingerprint density at radius 2 is 1.39 bits per heavy atom. The summed E-state index contributed by atoms with van der Waals surface area (Å²) in [6.45, 7) is 10.0. The maximum Gasteiger partial charge on any atom is 0.412 e. The number of hydrogen-bond acceptors (Lipinski definition) is 4. The van der Waals surface area contributed by atoms with Gasteiger partial charge in [0.15, 0.2) is 0 Å². The molecule has 0 heterocycles. The summed E-state index contributed by atoms with van der Waals surface area (Å²) in [5, 5.41) is 15.5. The molecule has 0 saturated heterocycles. The van der Waals surface area contributed by atoms with Gasteiger partial charge in [-0.15, -0.1) is 0 Å². The summed E-state index contributed by atoms with van der Waals surface area (Å²) in [4.78, 5) is 15.0. The van der Waals surface area contributed by atoms with E-state index in [1.807, 2.05) is 45.0 Å². The lowest BCUT2D eigenvalue weighted by molar-refractivity contribution is 0.0636. The lowest BCUT2D eigenvalue weighted by Crippen LogP contribution is -2.27. The zero-order valence-corrected chi connectivity index (χ0v) is 24.8. The van der Waals surface area contributed by atoms with E-state index in [-0.39, 0.29) is 0 Å². The minimum Gasteiger partial charge on any atom is -0.444 e. The third-order valence-electron chi connectivity index (χ3n) is 7.38. The van der Waals surface area contributed by atoms with Gasteiger partial charge in [-0.05, 0) is 104 Å². The second kappa shape index (κ2) is 14.9. The van der Waals surface area contributed by atoms with Crippen molar-refractivity contribution in [3.05, 3.63) is 105 Å². The molecular formula is C34H41N5O2. The van der Waals surface area contributed by atoms with Gasteiger partial charge in [-0.1, -0.05) is 79.6 Å². The van der Waals surface area contributed by atoms with Crippen molar-refractivity contribution < 1.29 is 9.53 Å². The maximum atomic E-state index is 12.1. The lowest BCUT2D eigenvalue weighted by atomic mass is 9.83. The van der Waals surface area contributed by atoms with Crippen molar-refractivity contribution >= 4 is 17.5 Å². The number of amides is 1. The van der Waals surface area contributed by atoms with Crippen LogP contribution in [0.15, 0.2) is 77.9 Å². The second-order valence-electron chi connectivity index (χ2n) is 11.8. The fourth-order valence-corrected chi connectivity index (χ4v) is 4.95. The predicted octanol–water partition coefficient (Wildman–Crippen LogP) is 10.3. The Labute approximate surface area is 244 Å². The number of rotatable bonds is 12. The van der Waals surface area contributed by atoms with Gasteiger partial charge in [-0.3, -0.25) is 5.32 Å². The fraction of sp³-hybridized carbons (Fsp3) is 0.412. The molecule has 0 aliphatic heterocycles. The highest BCUT2D eigenvalue weighted by molar-refractivity contribution is 5.84. The highest BCUT2D eigenvalue weighted by atomic mass is 16.6.